The highest BCUT2D eigenvalue weighted by Crippen LogP contribution is 2.12. The Morgan fingerprint density at radius 3 is 2.74 bits per heavy atom. The van der Waals surface area contributed by atoms with Gasteiger partial charge in [-0.3, -0.25) is 0 Å². The Bertz CT molecular complexity index is 386. The molecule has 106 valence electrons. The van der Waals surface area contributed by atoms with Crippen molar-refractivity contribution in [1.82, 2.24) is 5.32 Å². The second-order valence-electron chi connectivity index (χ2n) is 5.20. The Kier molecular flexibility index (Phi) is 5.02. The first-order chi connectivity index (χ1) is 8.81. The average molecular weight is 270 g/mol. The number of cyclic esters (lactones) is 1. The molecule has 1 rings (SSSR count). The summed E-state index contributed by atoms with van der Waals surface area (Å²) >= 11 is 0. The van der Waals surface area contributed by atoms with E-state index in [2.05, 4.69) is 10.3 Å². The molecule has 0 aromatic heterocycles. The molecule has 0 aromatic carbocycles. The van der Waals surface area contributed by atoms with Crippen LogP contribution < -0.4 is 5.32 Å². The fourth-order valence-electron chi connectivity index (χ4n) is 1.45. The van der Waals surface area contributed by atoms with Gasteiger partial charge >= 0.3 is 12.2 Å². The lowest BCUT2D eigenvalue weighted by Crippen LogP contribution is -2.29. The summed E-state index contributed by atoms with van der Waals surface area (Å²) in [5.74, 6) is -0.915. The first-order valence-corrected chi connectivity index (χ1v) is 5.95. The molecule has 1 heterocycles. The van der Waals surface area contributed by atoms with Crippen molar-refractivity contribution in [3.05, 3.63) is 0 Å². The molecule has 2 atom stereocenters. The van der Waals surface area contributed by atoms with Gasteiger partial charge in [-0.05, 0) is 20.8 Å². The van der Waals surface area contributed by atoms with Gasteiger partial charge in [0.1, 0.15) is 18.5 Å². The molecule has 1 N–H and O–H groups in total. The number of rotatable bonds is 2. The van der Waals surface area contributed by atoms with Gasteiger partial charge in [0.25, 0.3) is 0 Å². The molecule has 0 spiro atoms. The van der Waals surface area contributed by atoms with Crippen LogP contribution in [0.2, 0.25) is 0 Å². The third kappa shape index (κ3) is 5.50. The van der Waals surface area contributed by atoms with Crippen LogP contribution in [0.3, 0.4) is 0 Å². The fourth-order valence-corrected chi connectivity index (χ4v) is 1.45. The van der Waals surface area contributed by atoms with E-state index in [9.17, 15) is 14.4 Å². The maximum Gasteiger partial charge on any atom is 0.433 e. The van der Waals surface area contributed by atoms with Crippen molar-refractivity contribution in [2.24, 2.45) is 16.8 Å². The van der Waals surface area contributed by atoms with Gasteiger partial charge in [-0.25, -0.2) is 9.59 Å². The molecule has 19 heavy (non-hydrogen) atoms. The predicted molar refractivity (Wildman–Crippen MR) is 67.1 cm³/mol. The van der Waals surface area contributed by atoms with Gasteiger partial charge < -0.3 is 19.6 Å². The van der Waals surface area contributed by atoms with Gasteiger partial charge in [-0.2, -0.15) is 4.99 Å². The highest BCUT2D eigenvalue weighted by Gasteiger charge is 2.26. The number of amides is 2. The van der Waals surface area contributed by atoms with E-state index in [1.165, 1.54) is 6.21 Å². The van der Waals surface area contributed by atoms with Gasteiger partial charge in [-0.15, -0.1) is 0 Å². The summed E-state index contributed by atoms with van der Waals surface area (Å²) in [6, 6.07) is 0. The topological polar surface area (TPSA) is 94.1 Å². The molecule has 0 saturated carbocycles. The molecular formula is C12H18N2O5. The molecule has 7 nitrogen and oxygen atoms in total. The molecule has 1 saturated heterocycles. The molecule has 1 fully saturated rings. The van der Waals surface area contributed by atoms with Crippen molar-refractivity contribution in [1.29, 1.82) is 0 Å². The second kappa shape index (κ2) is 6.31. The third-order valence-corrected chi connectivity index (χ3v) is 2.38. The van der Waals surface area contributed by atoms with Crippen LogP contribution in [-0.2, 0) is 14.3 Å². The molecule has 2 amide bonds. The molecular weight excluding hydrogens is 252 g/mol. The molecule has 0 radical (unpaired) electrons. The number of hydrogen-bond acceptors (Lipinski definition) is 5. The maximum atomic E-state index is 11.4. The second-order valence-corrected chi connectivity index (χ2v) is 5.20. The summed E-state index contributed by atoms with van der Waals surface area (Å²) in [6.07, 6.45) is 0.689. The van der Waals surface area contributed by atoms with Crippen molar-refractivity contribution < 1.29 is 23.9 Å². The highest BCUT2D eigenvalue weighted by atomic mass is 16.6. The van der Waals surface area contributed by atoms with Crippen molar-refractivity contribution in [2.75, 3.05) is 13.2 Å². The largest absolute Gasteiger partial charge is 0.449 e. The lowest BCUT2D eigenvalue weighted by Gasteiger charge is -2.18. The average Bonchev–Trinajstić information content (AvgIpc) is 2.46. The first kappa shape index (κ1) is 15.1. The number of carbonyl (C=O) groups excluding carboxylic acids is 3. The number of hydrogen-bond donors (Lipinski definition) is 1. The SMILES string of the molecule is CC(C)(C)OC(=O)N=CC1COC(=O)NC[C@H]1C=O. The van der Waals surface area contributed by atoms with Crippen molar-refractivity contribution in [3.8, 4) is 0 Å². The van der Waals surface area contributed by atoms with Crippen LogP contribution in [0.15, 0.2) is 4.99 Å². The van der Waals surface area contributed by atoms with E-state index in [0.29, 0.717) is 6.29 Å². The van der Waals surface area contributed by atoms with Crippen LogP contribution in [0.5, 0.6) is 0 Å². The van der Waals surface area contributed by atoms with Crippen LogP contribution in [0.25, 0.3) is 0 Å². The Morgan fingerprint density at radius 2 is 2.16 bits per heavy atom. The number of carbonyl (C=O) groups is 3. The summed E-state index contributed by atoms with van der Waals surface area (Å²) in [5, 5.41) is 2.43. The van der Waals surface area contributed by atoms with E-state index in [1.54, 1.807) is 20.8 Å². The van der Waals surface area contributed by atoms with Gasteiger partial charge in [0.2, 0.25) is 0 Å². The summed E-state index contributed by atoms with van der Waals surface area (Å²) in [6.45, 7) is 5.35. The minimum Gasteiger partial charge on any atom is -0.449 e. The lowest BCUT2D eigenvalue weighted by atomic mass is 9.96. The van der Waals surface area contributed by atoms with E-state index in [-0.39, 0.29) is 13.2 Å². The Balaban J connectivity index is 2.64. The number of nitrogens with zero attached hydrogens (tertiary/aromatic N) is 1. The minimum absolute atomic E-state index is 0.00153. The predicted octanol–water partition coefficient (Wildman–Crippen LogP) is 1.16. The number of aldehydes is 1. The summed E-state index contributed by atoms with van der Waals surface area (Å²) in [7, 11) is 0. The molecule has 0 bridgehead atoms. The standard InChI is InChI=1S/C12H18N2O5/c1-12(2,3)19-11(17)14-5-9-7-18-10(16)13-4-8(9)6-15/h5-6,8-9H,4,7H2,1-3H3,(H,13,16)/t8-,9?/m0/s1. The Hall–Kier alpha value is -1.92. The van der Waals surface area contributed by atoms with Crippen molar-refractivity contribution >= 4 is 24.7 Å². The number of alkyl carbamates (subject to hydrolysis) is 1. The fraction of sp³-hybridized carbons (Fsp3) is 0.667. The van der Waals surface area contributed by atoms with Crippen LogP contribution in [0.4, 0.5) is 9.59 Å². The monoisotopic (exact) mass is 270 g/mol. The zero-order chi connectivity index (χ0) is 14.5. The van der Waals surface area contributed by atoms with Crippen LogP contribution in [0, 0.1) is 11.8 Å². The molecule has 1 aliphatic rings. The van der Waals surface area contributed by atoms with E-state index in [0.717, 1.165) is 0 Å². The summed E-state index contributed by atoms with van der Waals surface area (Å²) < 4.78 is 9.83. The van der Waals surface area contributed by atoms with Gasteiger partial charge in [0.05, 0.1) is 0 Å². The molecule has 0 aliphatic carbocycles. The molecule has 1 unspecified atom stereocenters. The molecule has 1 aliphatic heterocycles. The quantitative estimate of drug-likeness (QED) is 0.600. The van der Waals surface area contributed by atoms with E-state index >= 15 is 0 Å². The summed E-state index contributed by atoms with van der Waals surface area (Å²) in [5.41, 5.74) is -0.629. The van der Waals surface area contributed by atoms with Crippen LogP contribution >= 0.6 is 0 Å². The van der Waals surface area contributed by atoms with Gasteiger partial charge in [0.15, 0.2) is 0 Å². The van der Waals surface area contributed by atoms with E-state index in [4.69, 9.17) is 9.47 Å². The van der Waals surface area contributed by atoms with Gasteiger partial charge in [0, 0.05) is 24.6 Å². The van der Waals surface area contributed by atoms with Crippen molar-refractivity contribution in [3.63, 3.8) is 0 Å². The highest BCUT2D eigenvalue weighted by molar-refractivity contribution is 5.82. The number of nitrogens with one attached hydrogen (secondary N) is 1. The first-order valence-electron chi connectivity index (χ1n) is 5.95. The van der Waals surface area contributed by atoms with E-state index < -0.39 is 29.6 Å². The Morgan fingerprint density at radius 1 is 1.47 bits per heavy atom. The molecule has 7 heteroatoms. The lowest BCUT2D eigenvalue weighted by molar-refractivity contribution is -0.111. The van der Waals surface area contributed by atoms with Crippen LogP contribution in [0.1, 0.15) is 20.8 Å². The molecule has 0 aromatic rings. The third-order valence-electron chi connectivity index (χ3n) is 2.38. The number of ether oxygens (including phenoxy) is 2. The zero-order valence-electron chi connectivity index (χ0n) is 11.2. The minimum atomic E-state index is -0.735. The summed E-state index contributed by atoms with van der Waals surface area (Å²) in [4.78, 5) is 37.0. The zero-order valence-corrected chi connectivity index (χ0v) is 11.2. The van der Waals surface area contributed by atoms with Gasteiger partial charge in [-0.1, -0.05) is 0 Å². The maximum absolute atomic E-state index is 11.4. The van der Waals surface area contributed by atoms with Crippen LogP contribution in [-0.4, -0.2) is 43.4 Å². The smallest absolute Gasteiger partial charge is 0.433 e. The van der Waals surface area contributed by atoms with E-state index in [1.807, 2.05) is 0 Å². The number of aliphatic imine (C=N–C) groups is 1. The normalized spacial score (nSPS) is 24.3. The van der Waals surface area contributed by atoms with Crippen molar-refractivity contribution in [2.45, 2.75) is 26.4 Å². The Labute approximate surface area is 111 Å².